The van der Waals surface area contributed by atoms with Crippen molar-refractivity contribution in [2.75, 3.05) is 5.43 Å². The molecule has 31 heavy (non-hydrogen) atoms. The maximum atomic E-state index is 13.0. The molecule has 2 aromatic carbocycles. The highest BCUT2D eigenvalue weighted by molar-refractivity contribution is 6.30. The summed E-state index contributed by atoms with van der Waals surface area (Å²) >= 11 is 6.04. The van der Waals surface area contributed by atoms with E-state index in [1.165, 1.54) is 12.8 Å². The highest BCUT2D eigenvalue weighted by Gasteiger charge is 2.54. The highest BCUT2D eigenvalue weighted by atomic mass is 35.5. The molecule has 1 amide bonds. The summed E-state index contributed by atoms with van der Waals surface area (Å²) < 4.78 is 0. The predicted molar refractivity (Wildman–Crippen MR) is 124 cm³/mol. The Hall–Kier alpha value is -2.66. The Bertz CT molecular complexity index is 1210. The van der Waals surface area contributed by atoms with Crippen molar-refractivity contribution in [1.29, 1.82) is 0 Å². The van der Waals surface area contributed by atoms with E-state index in [-0.39, 0.29) is 11.5 Å². The molecule has 0 radical (unpaired) electrons. The van der Waals surface area contributed by atoms with Crippen LogP contribution in [0.4, 0.5) is 0 Å². The second-order valence-electron chi connectivity index (χ2n) is 9.56. The van der Waals surface area contributed by atoms with Crippen molar-refractivity contribution in [3.8, 4) is 11.3 Å². The molecule has 3 aromatic rings. The molecular weight excluding hydrogens is 410 g/mol. The van der Waals surface area contributed by atoms with Crippen LogP contribution in [0.25, 0.3) is 22.0 Å². The van der Waals surface area contributed by atoms with E-state index in [1.807, 2.05) is 30.3 Å². The lowest BCUT2D eigenvalue weighted by Crippen LogP contribution is -2.53. The smallest absolute Gasteiger partial charge is 0.273 e. The molecule has 1 N–H and O–H groups in total. The van der Waals surface area contributed by atoms with Gasteiger partial charge in [-0.15, -0.1) is 9.89 Å². The standard InChI is InChI=1S/C25H26ClN3O2/c1-25(2)17-10-7-16(21(25)14-17)13-22(30)27-29-24(31)20-6-4-3-5-19(20)23(28-29)15-8-11-18(26)12-9-15/h3-6,8-9,11-12,16-17,21H,7,10,13-14H2,1-2H3,(H,27,30)/t16-,17-,21+/m0/s1. The SMILES string of the molecule is CC1(C)[C@H]2CC[C@@H](CC(=O)Nn3nc(-c4ccc(Cl)cc4)c4ccccc4c3=O)[C@H]1C2. The average Bonchev–Trinajstić information content (AvgIpc) is 2.76. The third-order valence-corrected chi connectivity index (χ3v) is 7.85. The first kappa shape index (κ1) is 20.3. The number of hydrogen-bond acceptors (Lipinski definition) is 3. The van der Waals surface area contributed by atoms with Crippen LogP contribution in [0.15, 0.2) is 53.3 Å². The molecule has 3 aliphatic rings. The van der Waals surface area contributed by atoms with Gasteiger partial charge >= 0.3 is 0 Å². The third-order valence-electron chi connectivity index (χ3n) is 7.60. The molecule has 1 heterocycles. The van der Waals surface area contributed by atoms with Gasteiger partial charge in [0.05, 0.1) is 5.39 Å². The van der Waals surface area contributed by atoms with E-state index in [0.717, 1.165) is 28.1 Å². The number of carbonyl (C=O) groups is 1. The lowest BCUT2D eigenvalue weighted by atomic mass is 9.45. The zero-order valence-electron chi connectivity index (χ0n) is 17.8. The number of aromatic nitrogens is 2. The zero-order chi connectivity index (χ0) is 21.8. The molecule has 0 unspecified atom stereocenters. The molecule has 5 nitrogen and oxygen atoms in total. The van der Waals surface area contributed by atoms with E-state index in [4.69, 9.17) is 11.6 Å². The second kappa shape index (κ2) is 7.49. The van der Waals surface area contributed by atoms with Gasteiger partial charge in [0, 0.05) is 22.4 Å². The van der Waals surface area contributed by atoms with Gasteiger partial charge in [0.2, 0.25) is 5.91 Å². The first-order valence-electron chi connectivity index (χ1n) is 10.9. The number of rotatable bonds is 4. The summed E-state index contributed by atoms with van der Waals surface area (Å²) in [6, 6.07) is 14.6. The van der Waals surface area contributed by atoms with Gasteiger partial charge in [0.1, 0.15) is 5.69 Å². The zero-order valence-corrected chi connectivity index (χ0v) is 18.5. The van der Waals surface area contributed by atoms with Crippen LogP contribution in [-0.2, 0) is 4.79 Å². The first-order valence-corrected chi connectivity index (χ1v) is 11.3. The normalized spacial score (nSPS) is 23.9. The number of benzene rings is 2. The van der Waals surface area contributed by atoms with E-state index >= 15 is 0 Å². The van der Waals surface area contributed by atoms with Crippen LogP contribution in [0.2, 0.25) is 5.02 Å². The summed E-state index contributed by atoms with van der Waals surface area (Å²) in [5, 5.41) is 6.41. The summed E-state index contributed by atoms with van der Waals surface area (Å²) in [7, 11) is 0. The number of hydrogen-bond donors (Lipinski definition) is 1. The number of halogens is 1. The molecule has 0 spiro atoms. The van der Waals surface area contributed by atoms with Crippen molar-refractivity contribution in [1.82, 2.24) is 9.89 Å². The first-order chi connectivity index (χ1) is 14.8. The highest BCUT2D eigenvalue weighted by Crippen LogP contribution is 2.61. The van der Waals surface area contributed by atoms with E-state index in [2.05, 4.69) is 24.4 Å². The van der Waals surface area contributed by atoms with Gasteiger partial charge in [-0.25, -0.2) is 5.43 Å². The van der Waals surface area contributed by atoms with Crippen LogP contribution in [0.5, 0.6) is 0 Å². The Morgan fingerprint density at radius 2 is 1.84 bits per heavy atom. The number of nitrogens with one attached hydrogen (secondary N) is 1. The number of nitrogens with zero attached hydrogens (tertiary/aromatic N) is 2. The van der Waals surface area contributed by atoms with Gasteiger partial charge in [0.25, 0.3) is 5.56 Å². The van der Waals surface area contributed by atoms with Crippen LogP contribution in [0.3, 0.4) is 0 Å². The minimum atomic E-state index is -0.325. The Labute approximate surface area is 186 Å². The quantitative estimate of drug-likeness (QED) is 0.608. The lowest BCUT2D eigenvalue weighted by Gasteiger charge is -2.60. The summed E-state index contributed by atoms with van der Waals surface area (Å²) in [6.45, 7) is 4.65. The lowest BCUT2D eigenvalue weighted by molar-refractivity contribution is -0.129. The van der Waals surface area contributed by atoms with Crippen molar-refractivity contribution in [3.63, 3.8) is 0 Å². The summed E-state index contributed by atoms with van der Waals surface area (Å²) in [5.41, 5.74) is 4.23. The molecule has 6 rings (SSSR count). The molecule has 3 atom stereocenters. The fraction of sp³-hybridized carbons (Fsp3) is 0.400. The van der Waals surface area contributed by atoms with Gasteiger partial charge in [-0.2, -0.15) is 0 Å². The largest absolute Gasteiger partial charge is 0.294 e. The fourth-order valence-electron chi connectivity index (χ4n) is 5.69. The topological polar surface area (TPSA) is 64.0 Å². The van der Waals surface area contributed by atoms with Crippen LogP contribution >= 0.6 is 11.6 Å². The van der Waals surface area contributed by atoms with Gasteiger partial charge in [-0.1, -0.05) is 55.8 Å². The van der Waals surface area contributed by atoms with Crippen LogP contribution in [0.1, 0.15) is 39.5 Å². The van der Waals surface area contributed by atoms with Gasteiger partial charge in [-0.3, -0.25) is 9.59 Å². The van der Waals surface area contributed by atoms with Crippen molar-refractivity contribution in [2.45, 2.75) is 39.5 Å². The van der Waals surface area contributed by atoms with Crippen molar-refractivity contribution in [3.05, 3.63) is 63.9 Å². The molecule has 3 fully saturated rings. The molecule has 160 valence electrons. The summed E-state index contributed by atoms with van der Waals surface area (Å²) in [4.78, 5) is 27.0. The fourth-order valence-corrected chi connectivity index (χ4v) is 5.82. The minimum Gasteiger partial charge on any atom is -0.273 e. The Morgan fingerprint density at radius 1 is 1.13 bits per heavy atom. The van der Waals surface area contributed by atoms with Crippen LogP contribution in [-0.4, -0.2) is 15.8 Å². The van der Waals surface area contributed by atoms with Gasteiger partial charge in [-0.05, 0) is 60.6 Å². The maximum Gasteiger partial charge on any atom is 0.294 e. The Kier molecular flexibility index (Phi) is 4.89. The number of amides is 1. The van der Waals surface area contributed by atoms with Crippen molar-refractivity contribution < 1.29 is 4.79 Å². The molecule has 6 heteroatoms. The molecule has 1 aromatic heterocycles. The Balaban J connectivity index is 1.46. The number of fused-ring (bicyclic) bond motifs is 3. The minimum absolute atomic E-state index is 0.155. The predicted octanol–water partition coefficient (Wildman–Crippen LogP) is 5.25. The molecule has 3 aliphatic carbocycles. The van der Waals surface area contributed by atoms with E-state index in [1.54, 1.807) is 18.2 Å². The second-order valence-corrected chi connectivity index (χ2v) is 9.99. The maximum absolute atomic E-state index is 13.0. The van der Waals surface area contributed by atoms with Crippen molar-refractivity contribution in [2.24, 2.45) is 23.2 Å². The molecule has 2 bridgehead atoms. The van der Waals surface area contributed by atoms with Gasteiger partial charge in [0.15, 0.2) is 0 Å². The van der Waals surface area contributed by atoms with Crippen LogP contribution < -0.4 is 11.0 Å². The summed E-state index contributed by atoms with van der Waals surface area (Å²) in [5.74, 6) is 1.59. The van der Waals surface area contributed by atoms with Gasteiger partial charge < -0.3 is 0 Å². The molecular formula is C25H26ClN3O2. The molecule has 3 saturated carbocycles. The monoisotopic (exact) mass is 435 g/mol. The molecule has 0 aliphatic heterocycles. The van der Waals surface area contributed by atoms with E-state index in [0.29, 0.717) is 39.8 Å². The average molecular weight is 436 g/mol. The Morgan fingerprint density at radius 3 is 2.52 bits per heavy atom. The molecule has 0 saturated heterocycles. The summed E-state index contributed by atoms with van der Waals surface area (Å²) in [6.07, 6.45) is 3.93. The third kappa shape index (κ3) is 3.45. The van der Waals surface area contributed by atoms with Crippen molar-refractivity contribution >= 4 is 28.3 Å². The number of carbonyl (C=O) groups excluding carboxylic acids is 1. The van der Waals surface area contributed by atoms with Crippen LogP contribution in [0, 0.1) is 23.2 Å². The van der Waals surface area contributed by atoms with E-state index < -0.39 is 0 Å². The van der Waals surface area contributed by atoms with E-state index in [9.17, 15) is 9.59 Å².